The highest BCUT2D eigenvalue weighted by molar-refractivity contribution is 5.67. The molecular weight excluding hydrogens is 256 g/mol. The largest absolute Gasteiger partial charge is 0.393 e. The summed E-state index contributed by atoms with van der Waals surface area (Å²) in [4.78, 5) is 12.7. The van der Waals surface area contributed by atoms with E-state index in [2.05, 4.69) is 10.2 Å². The molecule has 0 amide bonds. The standard InChI is InChI=1S/C14H20N4O2/c15-11-9-10(5-6-13(11)18(19)20)17-8-2-4-14(17)12-3-1-7-16-12/h5-6,9,12,14,16H,1-4,7-8,15H2. The fourth-order valence-corrected chi connectivity index (χ4v) is 3.46. The first kappa shape index (κ1) is 13.2. The number of anilines is 2. The summed E-state index contributed by atoms with van der Waals surface area (Å²) >= 11 is 0. The second kappa shape index (κ2) is 5.28. The SMILES string of the molecule is Nc1cc(N2CCCC2C2CCCN2)ccc1[N+](=O)[O-]. The molecule has 3 rings (SSSR count). The van der Waals surface area contributed by atoms with Crippen molar-refractivity contribution in [2.75, 3.05) is 23.7 Å². The number of nitro groups is 1. The molecule has 2 fully saturated rings. The maximum Gasteiger partial charge on any atom is 0.292 e. The van der Waals surface area contributed by atoms with Crippen LogP contribution in [-0.2, 0) is 0 Å². The molecule has 2 heterocycles. The molecule has 0 radical (unpaired) electrons. The Morgan fingerprint density at radius 2 is 2.20 bits per heavy atom. The van der Waals surface area contributed by atoms with Crippen LogP contribution in [0.25, 0.3) is 0 Å². The Morgan fingerprint density at radius 3 is 2.85 bits per heavy atom. The van der Waals surface area contributed by atoms with Crippen LogP contribution in [0.15, 0.2) is 18.2 Å². The number of hydrogen-bond acceptors (Lipinski definition) is 5. The second-order valence-electron chi connectivity index (χ2n) is 5.61. The Labute approximate surface area is 118 Å². The number of hydrogen-bond donors (Lipinski definition) is 2. The fraction of sp³-hybridized carbons (Fsp3) is 0.571. The van der Waals surface area contributed by atoms with Crippen molar-refractivity contribution < 1.29 is 4.92 Å². The minimum atomic E-state index is -0.431. The lowest BCUT2D eigenvalue weighted by atomic mass is 10.0. The van der Waals surface area contributed by atoms with E-state index in [1.54, 1.807) is 6.07 Å². The summed E-state index contributed by atoms with van der Waals surface area (Å²) in [5.74, 6) is 0. The van der Waals surface area contributed by atoms with Crippen LogP contribution in [0.3, 0.4) is 0 Å². The smallest absolute Gasteiger partial charge is 0.292 e. The van der Waals surface area contributed by atoms with E-state index in [1.807, 2.05) is 6.07 Å². The van der Waals surface area contributed by atoms with Gasteiger partial charge < -0.3 is 16.0 Å². The minimum absolute atomic E-state index is 0.0107. The van der Waals surface area contributed by atoms with Crippen LogP contribution in [0, 0.1) is 10.1 Å². The molecule has 2 aliphatic heterocycles. The quantitative estimate of drug-likeness (QED) is 0.500. The average molecular weight is 276 g/mol. The highest BCUT2D eigenvalue weighted by atomic mass is 16.6. The van der Waals surface area contributed by atoms with Crippen molar-refractivity contribution in [2.45, 2.75) is 37.8 Å². The van der Waals surface area contributed by atoms with E-state index in [4.69, 9.17) is 5.73 Å². The fourth-order valence-electron chi connectivity index (χ4n) is 3.46. The number of nitrogen functional groups attached to an aromatic ring is 1. The predicted molar refractivity (Wildman–Crippen MR) is 78.9 cm³/mol. The molecule has 20 heavy (non-hydrogen) atoms. The van der Waals surface area contributed by atoms with E-state index in [-0.39, 0.29) is 11.4 Å². The number of benzene rings is 1. The summed E-state index contributed by atoms with van der Waals surface area (Å²) in [5, 5.41) is 14.4. The van der Waals surface area contributed by atoms with Crippen LogP contribution in [0.5, 0.6) is 0 Å². The molecule has 2 atom stereocenters. The molecule has 0 saturated carbocycles. The summed E-state index contributed by atoms with van der Waals surface area (Å²) in [6.45, 7) is 2.09. The van der Waals surface area contributed by atoms with Crippen LogP contribution in [0.1, 0.15) is 25.7 Å². The van der Waals surface area contributed by atoms with Gasteiger partial charge in [-0.05, 0) is 44.4 Å². The molecule has 1 aromatic rings. The van der Waals surface area contributed by atoms with Crippen molar-refractivity contribution in [1.82, 2.24) is 5.32 Å². The first-order valence-electron chi connectivity index (χ1n) is 7.21. The third-order valence-corrected chi connectivity index (χ3v) is 4.40. The minimum Gasteiger partial charge on any atom is -0.393 e. The number of nitrogens with two attached hydrogens (primary N) is 1. The molecule has 6 nitrogen and oxygen atoms in total. The van der Waals surface area contributed by atoms with Gasteiger partial charge >= 0.3 is 0 Å². The summed E-state index contributed by atoms with van der Waals surface area (Å²) < 4.78 is 0. The summed E-state index contributed by atoms with van der Waals surface area (Å²) in [7, 11) is 0. The Hall–Kier alpha value is -1.82. The topological polar surface area (TPSA) is 84.4 Å². The van der Waals surface area contributed by atoms with Crippen molar-refractivity contribution in [3.05, 3.63) is 28.3 Å². The maximum absolute atomic E-state index is 10.8. The Morgan fingerprint density at radius 1 is 1.35 bits per heavy atom. The predicted octanol–water partition coefficient (Wildman–Crippen LogP) is 1.90. The maximum atomic E-state index is 10.8. The van der Waals surface area contributed by atoms with Crippen molar-refractivity contribution in [3.63, 3.8) is 0 Å². The first-order chi connectivity index (χ1) is 9.66. The number of nitrogens with zero attached hydrogens (tertiary/aromatic N) is 2. The van der Waals surface area contributed by atoms with Crippen molar-refractivity contribution in [3.8, 4) is 0 Å². The molecule has 108 valence electrons. The van der Waals surface area contributed by atoms with Gasteiger partial charge in [-0.2, -0.15) is 0 Å². The third-order valence-electron chi connectivity index (χ3n) is 4.40. The van der Waals surface area contributed by atoms with Crippen LogP contribution in [0.4, 0.5) is 17.1 Å². The molecule has 0 aliphatic carbocycles. The zero-order valence-corrected chi connectivity index (χ0v) is 11.4. The normalized spacial score (nSPS) is 26.1. The van der Waals surface area contributed by atoms with Crippen LogP contribution in [-0.4, -0.2) is 30.1 Å². The Bertz CT molecular complexity index is 514. The lowest BCUT2D eigenvalue weighted by Crippen LogP contribution is -2.44. The van der Waals surface area contributed by atoms with Gasteiger partial charge in [-0.25, -0.2) is 0 Å². The number of rotatable bonds is 3. The lowest BCUT2D eigenvalue weighted by molar-refractivity contribution is -0.383. The summed E-state index contributed by atoms with van der Waals surface area (Å²) in [6, 6.07) is 6.10. The molecule has 0 bridgehead atoms. The van der Waals surface area contributed by atoms with Crippen molar-refractivity contribution in [1.29, 1.82) is 0 Å². The van der Waals surface area contributed by atoms with E-state index in [0.717, 1.165) is 18.8 Å². The molecule has 0 aromatic heterocycles. The molecule has 6 heteroatoms. The van der Waals surface area contributed by atoms with E-state index in [1.165, 1.54) is 31.7 Å². The van der Waals surface area contributed by atoms with Gasteiger partial charge in [-0.1, -0.05) is 0 Å². The van der Waals surface area contributed by atoms with E-state index in [0.29, 0.717) is 12.1 Å². The monoisotopic (exact) mass is 276 g/mol. The average Bonchev–Trinajstić information content (AvgIpc) is 3.09. The van der Waals surface area contributed by atoms with Crippen molar-refractivity contribution >= 4 is 17.1 Å². The highest BCUT2D eigenvalue weighted by Gasteiger charge is 2.33. The van der Waals surface area contributed by atoms with Crippen LogP contribution in [0.2, 0.25) is 0 Å². The van der Waals surface area contributed by atoms with Gasteiger partial charge in [0.1, 0.15) is 5.69 Å². The Kier molecular flexibility index (Phi) is 3.48. The van der Waals surface area contributed by atoms with Crippen LogP contribution < -0.4 is 16.0 Å². The highest BCUT2D eigenvalue weighted by Crippen LogP contribution is 2.33. The zero-order chi connectivity index (χ0) is 14.1. The first-order valence-corrected chi connectivity index (χ1v) is 7.21. The lowest BCUT2D eigenvalue weighted by Gasteiger charge is -2.31. The molecule has 3 N–H and O–H groups in total. The number of nitro benzene ring substituents is 1. The van der Waals surface area contributed by atoms with Gasteiger partial charge in [0.2, 0.25) is 0 Å². The van der Waals surface area contributed by atoms with E-state index >= 15 is 0 Å². The Balaban J connectivity index is 1.84. The second-order valence-corrected chi connectivity index (χ2v) is 5.61. The zero-order valence-electron chi connectivity index (χ0n) is 11.4. The summed E-state index contributed by atoms with van der Waals surface area (Å²) in [6.07, 6.45) is 4.79. The molecule has 0 spiro atoms. The molecule has 2 unspecified atom stereocenters. The third kappa shape index (κ3) is 2.31. The molecule has 2 aliphatic rings. The molecule has 2 saturated heterocycles. The van der Waals surface area contributed by atoms with Gasteiger partial charge in [-0.3, -0.25) is 10.1 Å². The van der Waals surface area contributed by atoms with Crippen molar-refractivity contribution in [2.24, 2.45) is 0 Å². The van der Waals surface area contributed by atoms with Gasteiger partial charge in [0.05, 0.1) is 4.92 Å². The van der Waals surface area contributed by atoms with Gasteiger partial charge in [0.25, 0.3) is 5.69 Å². The molecular formula is C14H20N4O2. The van der Waals surface area contributed by atoms with Gasteiger partial charge in [-0.15, -0.1) is 0 Å². The number of nitrogens with one attached hydrogen (secondary N) is 1. The summed E-state index contributed by atoms with van der Waals surface area (Å²) in [5.41, 5.74) is 7.05. The van der Waals surface area contributed by atoms with Crippen LogP contribution >= 0.6 is 0 Å². The van der Waals surface area contributed by atoms with Gasteiger partial charge in [0.15, 0.2) is 0 Å². The molecule has 1 aromatic carbocycles. The van der Waals surface area contributed by atoms with Gasteiger partial charge in [0, 0.05) is 30.4 Å². The van der Waals surface area contributed by atoms with E-state index < -0.39 is 4.92 Å². The van der Waals surface area contributed by atoms with E-state index in [9.17, 15) is 10.1 Å².